The summed E-state index contributed by atoms with van der Waals surface area (Å²) in [4.78, 5) is 15.2. The van der Waals surface area contributed by atoms with Crippen molar-refractivity contribution >= 4 is 12.1 Å². The summed E-state index contributed by atoms with van der Waals surface area (Å²) >= 11 is 0. The van der Waals surface area contributed by atoms with Gasteiger partial charge in [0.05, 0.1) is 0 Å². The van der Waals surface area contributed by atoms with Gasteiger partial charge < -0.3 is 16.2 Å². The van der Waals surface area contributed by atoms with Crippen molar-refractivity contribution in [3.63, 3.8) is 0 Å². The van der Waals surface area contributed by atoms with Gasteiger partial charge in [0.25, 0.3) is 0 Å². The summed E-state index contributed by atoms with van der Waals surface area (Å²) in [7, 11) is 0. The van der Waals surface area contributed by atoms with Gasteiger partial charge in [0.15, 0.2) is 0 Å². The minimum absolute atomic E-state index is 0.351. The average Bonchev–Trinajstić information content (AvgIpc) is 2.19. The largest absolute Gasteiger partial charge is 0.540 e. The number of nitrogens with zero attached hydrogens (tertiary/aromatic N) is 1. The zero-order valence-electron chi connectivity index (χ0n) is 8.14. The highest BCUT2D eigenvalue weighted by Gasteiger charge is 2.05. The number of ether oxygens (including phenoxy) is 1. The van der Waals surface area contributed by atoms with E-state index in [1.54, 1.807) is 24.3 Å². The Kier molecular flexibility index (Phi) is 3.50. The molecule has 0 aliphatic carbocycles. The molecule has 0 saturated carbocycles. The number of guanidine groups is 1. The molecule has 0 unspecified atom stereocenters. The van der Waals surface area contributed by atoms with E-state index in [9.17, 15) is 4.79 Å². The number of nitrogens with two attached hydrogens (primary N) is 2. The van der Waals surface area contributed by atoms with Crippen molar-refractivity contribution in [2.75, 3.05) is 0 Å². The van der Waals surface area contributed by atoms with Crippen LogP contribution in [-0.2, 0) is 4.84 Å². The predicted octanol–water partition coefficient (Wildman–Crippen LogP) is 0.699. The van der Waals surface area contributed by atoms with Crippen LogP contribution >= 0.6 is 0 Å². The molecule has 0 bridgehead atoms. The van der Waals surface area contributed by atoms with E-state index in [2.05, 4.69) is 9.99 Å². The van der Waals surface area contributed by atoms with Gasteiger partial charge in [0.1, 0.15) is 5.75 Å². The van der Waals surface area contributed by atoms with Gasteiger partial charge in [-0.3, -0.25) is 4.84 Å². The Balaban J connectivity index is 2.51. The summed E-state index contributed by atoms with van der Waals surface area (Å²) in [6.07, 6.45) is -0.993. The molecular weight excluding hydrogens is 198 g/mol. The lowest BCUT2D eigenvalue weighted by molar-refractivity contribution is 0.102. The SMILES string of the molecule is Cc1ccc(OC(=O)ON=C(N)N)cc1. The van der Waals surface area contributed by atoms with Gasteiger partial charge in [-0.15, -0.1) is 0 Å². The third-order valence-electron chi connectivity index (χ3n) is 1.45. The fourth-order valence-electron chi connectivity index (χ4n) is 0.811. The highest BCUT2D eigenvalue weighted by atomic mass is 16.8. The van der Waals surface area contributed by atoms with Gasteiger partial charge in [-0.1, -0.05) is 17.7 Å². The summed E-state index contributed by atoms with van der Waals surface area (Å²) in [5.41, 5.74) is 11.0. The lowest BCUT2D eigenvalue weighted by Gasteiger charge is -2.01. The van der Waals surface area contributed by atoms with Crippen molar-refractivity contribution in [2.24, 2.45) is 16.6 Å². The van der Waals surface area contributed by atoms with Gasteiger partial charge in [-0.2, -0.15) is 0 Å². The first kappa shape index (κ1) is 10.8. The third kappa shape index (κ3) is 3.99. The molecule has 0 amide bonds. The molecule has 0 radical (unpaired) electrons. The first-order valence-electron chi connectivity index (χ1n) is 4.12. The van der Waals surface area contributed by atoms with Crippen LogP contribution in [0.4, 0.5) is 4.79 Å². The van der Waals surface area contributed by atoms with Crippen molar-refractivity contribution < 1.29 is 14.4 Å². The first-order chi connectivity index (χ1) is 7.08. The molecule has 15 heavy (non-hydrogen) atoms. The van der Waals surface area contributed by atoms with Gasteiger partial charge in [0, 0.05) is 0 Å². The molecule has 0 aromatic heterocycles. The number of carbonyl (C=O) groups is 1. The average molecular weight is 209 g/mol. The molecule has 0 spiro atoms. The topological polar surface area (TPSA) is 99.9 Å². The molecular formula is C9H11N3O3. The number of oxime groups is 1. The van der Waals surface area contributed by atoms with Crippen LogP contribution in [0.1, 0.15) is 5.56 Å². The normalized spacial score (nSPS) is 9.13. The monoisotopic (exact) mass is 209 g/mol. The maximum absolute atomic E-state index is 10.9. The number of rotatable bonds is 2. The second-order valence-corrected chi connectivity index (χ2v) is 2.77. The second-order valence-electron chi connectivity index (χ2n) is 2.77. The Morgan fingerprint density at radius 1 is 1.27 bits per heavy atom. The Hall–Kier alpha value is -2.24. The Morgan fingerprint density at radius 2 is 1.87 bits per heavy atom. The van der Waals surface area contributed by atoms with E-state index < -0.39 is 6.16 Å². The minimum Gasteiger partial charge on any atom is -0.393 e. The maximum atomic E-state index is 10.9. The van der Waals surface area contributed by atoms with Crippen molar-refractivity contribution in [3.8, 4) is 5.75 Å². The summed E-state index contributed by atoms with van der Waals surface area (Å²) < 4.78 is 4.74. The van der Waals surface area contributed by atoms with Gasteiger partial charge in [-0.25, -0.2) is 4.79 Å². The van der Waals surface area contributed by atoms with E-state index in [-0.39, 0.29) is 5.96 Å². The second kappa shape index (κ2) is 4.85. The summed E-state index contributed by atoms with van der Waals surface area (Å²) in [6.45, 7) is 1.92. The number of carbonyl (C=O) groups excluding carboxylic acids is 1. The van der Waals surface area contributed by atoms with Crippen molar-refractivity contribution in [2.45, 2.75) is 6.92 Å². The molecule has 0 aliphatic heterocycles. The number of benzene rings is 1. The van der Waals surface area contributed by atoms with Crippen molar-refractivity contribution in [1.29, 1.82) is 0 Å². The van der Waals surface area contributed by atoms with E-state index in [0.29, 0.717) is 5.75 Å². The fraction of sp³-hybridized carbons (Fsp3) is 0.111. The third-order valence-corrected chi connectivity index (χ3v) is 1.45. The van der Waals surface area contributed by atoms with E-state index in [4.69, 9.17) is 16.2 Å². The zero-order valence-corrected chi connectivity index (χ0v) is 8.14. The molecule has 0 heterocycles. The van der Waals surface area contributed by atoms with Crippen LogP contribution in [0.25, 0.3) is 0 Å². The number of hydrogen-bond acceptors (Lipinski definition) is 4. The number of aryl methyl sites for hydroxylation is 1. The smallest absolute Gasteiger partial charge is 0.393 e. The zero-order chi connectivity index (χ0) is 11.3. The molecule has 0 atom stereocenters. The Bertz CT molecular complexity index is 369. The molecule has 80 valence electrons. The van der Waals surface area contributed by atoms with Crippen LogP contribution in [0.15, 0.2) is 29.4 Å². The highest BCUT2D eigenvalue weighted by molar-refractivity contribution is 5.76. The molecule has 6 nitrogen and oxygen atoms in total. The van der Waals surface area contributed by atoms with Gasteiger partial charge >= 0.3 is 6.16 Å². The van der Waals surface area contributed by atoms with Gasteiger partial charge in [-0.05, 0) is 24.2 Å². The minimum atomic E-state index is -0.993. The predicted molar refractivity (Wildman–Crippen MR) is 54.1 cm³/mol. The highest BCUT2D eigenvalue weighted by Crippen LogP contribution is 2.11. The molecule has 0 fully saturated rings. The van der Waals surface area contributed by atoms with Gasteiger partial charge in [0.2, 0.25) is 5.96 Å². The summed E-state index contributed by atoms with van der Waals surface area (Å²) in [5.74, 6) is 0.00671. The molecule has 4 N–H and O–H groups in total. The lowest BCUT2D eigenvalue weighted by atomic mass is 10.2. The van der Waals surface area contributed by atoms with Crippen LogP contribution in [0, 0.1) is 6.92 Å². The van der Waals surface area contributed by atoms with Crippen LogP contribution in [0.5, 0.6) is 5.75 Å². The molecule has 6 heteroatoms. The lowest BCUT2D eigenvalue weighted by Crippen LogP contribution is -2.24. The first-order valence-corrected chi connectivity index (χ1v) is 4.12. The number of hydrogen-bond donors (Lipinski definition) is 2. The standard InChI is InChI=1S/C9H11N3O3/c1-6-2-4-7(5-3-6)14-9(13)15-12-8(10)11/h2-5H,1H3,(H4,10,11,12). The van der Waals surface area contributed by atoms with Crippen LogP contribution in [0.3, 0.4) is 0 Å². The molecule has 1 rings (SSSR count). The maximum Gasteiger partial charge on any atom is 0.540 e. The van der Waals surface area contributed by atoms with Crippen LogP contribution in [-0.4, -0.2) is 12.1 Å². The van der Waals surface area contributed by atoms with Crippen LogP contribution in [0.2, 0.25) is 0 Å². The molecule has 1 aromatic carbocycles. The summed E-state index contributed by atoms with van der Waals surface area (Å²) in [6, 6.07) is 6.85. The fourth-order valence-corrected chi connectivity index (χ4v) is 0.811. The molecule has 0 saturated heterocycles. The molecule has 0 aliphatic rings. The van der Waals surface area contributed by atoms with Crippen LogP contribution < -0.4 is 16.2 Å². The Labute approximate surface area is 86.4 Å². The van der Waals surface area contributed by atoms with E-state index >= 15 is 0 Å². The quantitative estimate of drug-likeness (QED) is 0.186. The van der Waals surface area contributed by atoms with E-state index in [1.807, 2.05) is 6.92 Å². The molecule has 1 aromatic rings. The Morgan fingerprint density at radius 3 is 2.40 bits per heavy atom. The summed E-state index contributed by atoms with van der Waals surface area (Å²) in [5, 5.41) is 3.04. The van der Waals surface area contributed by atoms with E-state index in [1.165, 1.54) is 0 Å². The van der Waals surface area contributed by atoms with E-state index in [0.717, 1.165) is 5.56 Å². The van der Waals surface area contributed by atoms with Crippen molar-refractivity contribution in [1.82, 2.24) is 0 Å². The van der Waals surface area contributed by atoms with Crippen molar-refractivity contribution in [3.05, 3.63) is 29.8 Å².